The first-order valence-corrected chi connectivity index (χ1v) is 11.3. The maximum absolute atomic E-state index is 13.7. The zero-order valence-electron chi connectivity index (χ0n) is 20.0. The van der Waals surface area contributed by atoms with Crippen molar-refractivity contribution < 1.29 is 49.8 Å². The quantitative estimate of drug-likeness (QED) is 0.285. The zero-order chi connectivity index (χ0) is 27.2. The van der Waals surface area contributed by atoms with E-state index >= 15 is 0 Å². The van der Waals surface area contributed by atoms with Gasteiger partial charge in [-0.25, -0.2) is 4.79 Å². The highest BCUT2D eigenvalue weighted by atomic mass is 16.4. The molecule has 4 rings (SSSR count). The van der Waals surface area contributed by atoms with Crippen LogP contribution in [0.4, 0.5) is 0 Å². The lowest BCUT2D eigenvalue weighted by Crippen LogP contribution is -2.64. The summed E-state index contributed by atoms with van der Waals surface area (Å²) >= 11 is 0. The number of carbonyl (C=O) groups is 4. The SMILES string of the molecule is CC1c2c(C(=O)O)cc(C(C)(C)C)c(O)c2C(O)=C2C(=O)C3(O)C(O)=C(C(N)=O)C(=O)CC3C(O)C21. The lowest BCUT2D eigenvalue weighted by Gasteiger charge is -2.50. The predicted molar refractivity (Wildman–Crippen MR) is 123 cm³/mol. The molecule has 1 saturated carbocycles. The minimum Gasteiger partial charge on any atom is -0.508 e. The van der Waals surface area contributed by atoms with Gasteiger partial charge >= 0.3 is 5.97 Å². The fraction of sp³-hybridized carbons (Fsp3) is 0.440. The topological polar surface area (TPSA) is 216 Å². The molecule has 5 atom stereocenters. The third-order valence-electron chi connectivity index (χ3n) is 7.63. The van der Waals surface area contributed by atoms with E-state index in [0.29, 0.717) is 0 Å². The van der Waals surface area contributed by atoms with Crippen LogP contribution in [0, 0.1) is 11.8 Å². The van der Waals surface area contributed by atoms with Crippen LogP contribution in [-0.2, 0) is 19.8 Å². The smallest absolute Gasteiger partial charge is 0.336 e. The molecular formula is C25H27NO10. The highest BCUT2D eigenvalue weighted by molar-refractivity contribution is 6.23. The molecule has 11 nitrogen and oxygen atoms in total. The van der Waals surface area contributed by atoms with Crippen LogP contribution in [0.2, 0.25) is 0 Å². The molecule has 3 aliphatic carbocycles. The van der Waals surface area contributed by atoms with Gasteiger partial charge in [0.25, 0.3) is 5.91 Å². The predicted octanol–water partition coefficient (Wildman–Crippen LogP) is 0.951. The molecule has 1 fully saturated rings. The van der Waals surface area contributed by atoms with Crippen molar-refractivity contribution in [1.82, 2.24) is 0 Å². The fourth-order valence-electron chi connectivity index (χ4n) is 5.90. The van der Waals surface area contributed by atoms with Crippen LogP contribution in [-0.4, -0.2) is 65.8 Å². The number of hydrogen-bond donors (Lipinski definition) is 7. The van der Waals surface area contributed by atoms with Crippen molar-refractivity contribution in [2.45, 2.75) is 57.2 Å². The summed E-state index contributed by atoms with van der Waals surface area (Å²) < 4.78 is 0. The van der Waals surface area contributed by atoms with Gasteiger partial charge in [-0.3, -0.25) is 14.4 Å². The number of rotatable bonds is 2. The maximum Gasteiger partial charge on any atom is 0.336 e. The van der Waals surface area contributed by atoms with Crippen LogP contribution >= 0.6 is 0 Å². The summed E-state index contributed by atoms with van der Waals surface area (Å²) in [5, 5.41) is 65.6. The number of aromatic carboxylic acids is 1. The van der Waals surface area contributed by atoms with Crippen molar-refractivity contribution in [3.8, 4) is 5.75 Å². The number of nitrogens with two attached hydrogens (primary N) is 1. The largest absolute Gasteiger partial charge is 0.508 e. The number of phenols is 1. The third-order valence-corrected chi connectivity index (χ3v) is 7.63. The fourth-order valence-corrected chi connectivity index (χ4v) is 5.90. The van der Waals surface area contributed by atoms with E-state index in [1.165, 1.54) is 13.0 Å². The van der Waals surface area contributed by atoms with Crippen molar-refractivity contribution in [2.24, 2.45) is 17.6 Å². The van der Waals surface area contributed by atoms with Crippen molar-refractivity contribution in [1.29, 1.82) is 0 Å². The van der Waals surface area contributed by atoms with Gasteiger partial charge in [0, 0.05) is 29.4 Å². The molecule has 0 saturated heterocycles. The van der Waals surface area contributed by atoms with Gasteiger partial charge in [-0.2, -0.15) is 0 Å². The number of aliphatic hydroxyl groups is 4. The van der Waals surface area contributed by atoms with Gasteiger partial charge in [-0.15, -0.1) is 0 Å². The molecule has 0 aromatic heterocycles. The van der Waals surface area contributed by atoms with Crippen LogP contribution in [0.1, 0.15) is 67.1 Å². The van der Waals surface area contributed by atoms with E-state index in [-0.39, 0.29) is 22.3 Å². The highest BCUT2D eigenvalue weighted by Crippen LogP contribution is 2.57. The summed E-state index contributed by atoms with van der Waals surface area (Å²) in [5.74, 6) is -11.6. The Bertz CT molecular complexity index is 1330. The van der Waals surface area contributed by atoms with Crippen LogP contribution in [0.15, 0.2) is 23.0 Å². The van der Waals surface area contributed by atoms with Crippen molar-refractivity contribution in [2.75, 3.05) is 0 Å². The number of aliphatic hydroxyl groups excluding tert-OH is 3. The van der Waals surface area contributed by atoms with Crippen molar-refractivity contribution >= 4 is 29.2 Å². The second-order valence-electron chi connectivity index (χ2n) is 10.6. The zero-order valence-corrected chi connectivity index (χ0v) is 20.0. The number of carboxylic acid groups (broad SMARTS) is 1. The van der Waals surface area contributed by atoms with E-state index in [9.17, 15) is 49.8 Å². The Kier molecular flexibility index (Phi) is 5.39. The molecule has 5 unspecified atom stereocenters. The number of amides is 1. The minimum atomic E-state index is -2.96. The Labute approximate surface area is 205 Å². The Morgan fingerprint density at radius 3 is 2.22 bits per heavy atom. The van der Waals surface area contributed by atoms with Gasteiger partial charge in [0.2, 0.25) is 5.78 Å². The average Bonchev–Trinajstić information content (AvgIpc) is 2.75. The highest BCUT2D eigenvalue weighted by Gasteiger charge is 2.65. The Morgan fingerprint density at radius 1 is 1.14 bits per heavy atom. The number of ketones is 2. The maximum atomic E-state index is 13.7. The molecular weight excluding hydrogens is 474 g/mol. The number of carbonyl (C=O) groups excluding carboxylic acids is 3. The van der Waals surface area contributed by atoms with Gasteiger partial charge < -0.3 is 36.4 Å². The number of phenolic OH excluding ortho intramolecular Hbond substituents is 1. The normalized spacial score (nSPS) is 30.1. The molecule has 0 spiro atoms. The molecule has 0 heterocycles. The van der Waals surface area contributed by atoms with Gasteiger partial charge in [0.15, 0.2) is 11.4 Å². The molecule has 3 aliphatic rings. The average molecular weight is 501 g/mol. The molecule has 1 aromatic rings. The molecule has 8 N–H and O–H groups in total. The van der Waals surface area contributed by atoms with Gasteiger partial charge in [0.1, 0.15) is 22.8 Å². The Balaban J connectivity index is 2.10. The van der Waals surface area contributed by atoms with E-state index in [1.54, 1.807) is 20.8 Å². The minimum absolute atomic E-state index is 0.0312. The lowest BCUT2D eigenvalue weighted by atomic mass is 9.55. The Morgan fingerprint density at radius 2 is 1.72 bits per heavy atom. The first-order valence-electron chi connectivity index (χ1n) is 11.3. The van der Waals surface area contributed by atoms with Gasteiger partial charge in [-0.05, 0) is 23.0 Å². The molecule has 36 heavy (non-hydrogen) atoms. The van der Waals surface area contributed by atoms with Crippen LogP contribution in [0.5, 0.6) is 5.75 Å². The van der Waals surface area contributed by atoms with E-state index in [2.05, 4.69) is 0 Å². The van der Waals surface area contributed by atoms with E-state index in [4.69, 9.17) is 5.73 Å². The van der Waals surface area contributed by atoms with E-state index < -0.39 is 93.2 Å². The molecule has 11 heteroatoms. The van der Waals surface area contributed by atoms with Crippen molar-refractivity contribution in [3.05, 3.63) is 45.2 Å². The number of primary amides is 1. The van der Waals surface area contributed by atoms with Gasteiger partial charge in [0.05, 0.1) is 17.2 Å². The number of fused-ring (bicyclic) bond motifs is 3. The summed E-state index contributed by atoms with van der Waals surface area (Å²) in [6, 6.07) is 1.27. The molecule has 1 aromatic carbocycles. The number of Topliss-reactive ketones (excluding diaryl/α,β-unsaturated/α-hetero) is 2. The van der Waals surface area contributed by atoms with Crippen LogP contribution in [0.3, 0.4) is 0 Å². The van der Waals surface area contributed by atoms with Gasteiger partial charge in [-0.1, -0.05) is 27.7 Å². The molecule has 0 radical (unpaired) electrons. The summed E-state index contributed by atoms with van der Waals surface area (Å²) in [6.45, 7) is 6.59. The lowest BCUT2D eigenvalue weighted by molar-refractivity contribution is -0.160. The van der Waals surface area contributed by atoms with Crippen molar-refractivity contribution in [3.63, 3.8) is 0 Å². The van der Waals surface area contributed by atoms with Crippen LogP contribution in [0.25, 0.3) is 5.76 Å². The number of carboxylic acids is 1. The summed E-state index contributed by atoms with van der Waals surface area (Å²) in [7, 11) is 0. The second kappa shape index (κ2) is 7.65. The van der Waals surface area contributed by atoms with Crippen LogP contribution < -0.4 is 5.73 Å². The Hall–Kier alpha value is -3.70. The summed E-state index contributed by atoms with van der Waals surface area (Å²) in [6.07, 6.45) is -2.45. The third kappa shape index (κ3) is 3.05. The number of aromatic hydroxyl groups is 1. The number of hydrogen-bond acceptors (Lipinski definition) is 9. The molecule has 0 bridgehead atoms. The number of benzene rings is 1. The molecule has 192 valence electrons. The molecule has 0 aliphatic heterocycles. The summed E-state index contributed by atoms with van der Waals surface area (Å²) in [5.41, 5.74) is -0.592. The van der Waals surface area contributed by atoms with E-state index in [1.807, 2.05) is 0 Å². The second-order valence-corrected chi connectivity index (χ2v) is 10.6. The summed E-state index contributed by atoms with van der Waals surface area (Å²) in [4.78, 5) is 50.2. The first-order chi connectivity index (χ1) is 16.5. The molecule has 1 amide bonds. The first kappa shape index (κ1) is 25.4. The van der Waals surface area contributed by atoms with E-state index in [0.717, 1.165) is 0 Å². The monoisotopic (exact) mass is 501 g/mol. The standard InChI is InChI=1S/C25H27NO10/c1-7-12-8(23(34)35)5-9(24(2,3)4)17(28)15(12)19(30)16-13(7)18(29)10-6-11(27)14(22(26)33)20(31)25(10,36)21(16)32/h5,7,10,13,18,28-31,36H,6H2,1-4H3,(H2,26,33)(H,34,35).